The van der Waals surface area contributed by atoms with Gasteiger partial charge in [0.1, 0.15) is 0 Å². The van der Waals surface area contributed by atoms with Gasteiger partial charge in [0.15, 0.2) is 11.5 Å². The number of hydrogen-bond donors (Lipinski definition) is 0. The monoisotopic (exact) mass is 305 g/mol. The van der Waals surface area contributed by atoms with Crippen LogP contribution in [0.4, 0.5) is 19.0 Å². The summed E-state index contributed by atoms with van der Waals surface area (Å²) in [5.74, 6) is -0.0819. The second kappa shape index (κ2) is 6.25. The van der Waals surface area contributed by atoms with Gasteiger partial charge >= 0.3 is 12.1 Å². The predicted molar refractivity (Wildman–Crippen MR) is 65.6 cm³/mol. The molecule has 1 aromatic heterocycles. The maximum atomic E-state index is 12.4. The van der Waals surface area contributed by atoms with E-state index in [9.17, 15) is 18.0 Å². The van der Waals surface area contributed by atoms with Crippen molar-refractivity contribution in [3.8, 4) is 0 Å². The second-order valence-corrected chi connectivity index (χ2v) is 4.49. The molecule has 0 amide bonds. The molecule has 1 aliphatic heterocycles. The van der Waals surface area contributed by atoms with Crippen LogP contribution >= 0.6 is 0 Å². The number of alkyl halides is 3. The average Bonchev–Trinajstić information content (AvgIpc) is 2.46. The molecule has 1 unspecified atom stereocenters. The highest BCUT2D eigenvalue weighted by Gasteiger charge is 2.33. The Bertz CT molecular complexity index is 493. The minimum Gasteiger partial charge on any atom is -0.469 e. The van der Waals surface area contributed by atoms with Crippen LogP contribution in [0.15, 0.2) is 12.1 Å². The Balaban J connectivity index is 2.02. The number of carbonyl (C=O) groups excluding carboxylic acids is 1. The van der Waals surface area contributed by atoms with E-state index in [0.29, 0.717) is 25.5 Å². The molecule has 9 heteroatoms. The number of morpholine rings is 1. The molecule has 21 heavy (non-hydrogen) atoms. The van der Waals surface area contributed by atoms with Gasteiger partial charge in [-0.25, -0.2) is 0 Å². The molecule has 2 heterocycles. The number of nitrogens with zero attached hydrogens (tertiary/aromatic N) is 3. The molecule has 1 fully saturated rings. The van der Waals surface area contributed by atoms with E-state index >= 15 is 0 Å². The minimum absolute atomic E-state index is 0.0844. The van der Waals surface area contributed by atoms with Crippen molar-refractivity contribution in [2.75, 3.05) is 31.7 Å². The molecule has 0 radical (unpaired) electrons. The Morgan fingerprint density at radius 2 is 2.24 bits per heavy atom. The summed E-state index contributed by atoms with van der Waals surface area (Å²) in [6.07, 6.45) is -4.80. The molecule has 0 saturated carbocycles. The highest BCUT2D eigenvalue weighted by atomic mass is 19.4. The Morgan fingerprint density at radius 3 is 2.81 bits per heavy atom. The van der Waals surface area contributed by atoms with Crippen molar-refractivity contribution in [1.29, 1.82) is 0 Å². The minimum atomic E-state index is -4.51. The number of hydrogen-bond acceptors (Lipinski definition) is 6. The summed E-state index contributed by atoms with van der Waals surface area (Å²) in [6.45, 7) is 1.16. The number of methoxy groups -OCH3 is 1. The topological polar surface area (TPSA) is 64.5 Å². The molecule has 0 spiro atoms. The SMILES string of the molecule is COC(=O)CC1CN(c2ccc(C(F)(F)F)nn2)CCO1. The van der Waals surface area contributed by atoms with E-state index < -0.39 is 17.8 Å². The maximum absolute atomic E-state index is 12.4. The van der Waals surface area contributed by atoms with Crippen LogP contribution in [-0.2, 0) is 20.4 Å². The fourth-order valence-corrected chi connectivity index (χ4v) is 1.97. The van der Waals surface area contributed by atoms with Crippen LogP contribution in [0.1, 0.15) is 12.1 Å². The molecule has 1 aliphatic rings. The Morgan fingerprint density at radius 1 is 1.48 bits per heavy atom. The largest absolute Gasteiger partial charge is 0.469 e. The van der Waals surface area contributed by atoms with Crippen LogP contribution in [0, 0.1) is 0 Å². The molecule has 0 N–H and O–H groups in total. The van der Waals surface area contributed by atoms with Crippen molar-refractivity contribution >= 4 is 11.8 Å². The predicted octanol–water partition coefficient (Wildman–Crippen LogP) is 1.26. The van der Waals surface area contributed by atoms with E-state index in [4.69, 9.17) is 4.74 Å². The number of rotatable bonds is 3. The number of anilines is 1. The zero-order valence-corrected chi connectivity index (χ0v) is 11.3. The van der Waals surface area contributed by atoms with Crippen molar-refractivity contribution < 1.29 is 27.4 Å². The molecule has 0 bridgehead atoms. The first-order valence-electron chi connectivity index (χ1n) is 6.24. The fraction of sp³-hybridized carbons (Fsp3) is 0.583. The normalized spacial score (nSPS) is 19.4. The standard InChI is InChI=1S/C12H14F3N3O3/c1-20-11(19)6-8-7-18(4-5-21-8)10-3-2-9(16-17-10)12(13,14)15/h2-3,8H,4-7H2,1H3. The first-order valence-corrected chi connectivity index (χ1v) is 6.24. The summed E-state index contributed by atoms with van der Waals surface area (Å²) < 4.78 is 47.2. The average molecular weight is 305 g/mol. The first kappa shape index (κ1) is 15.5. The van der Waals surface area contributed by atoms with Gasteiger partial charge in [-0.15, -0.1) is 10.2 Å². The van der Waals surface area contributed by atoms with Crippen LogP contribution in [0.2, 0.25) is 0 Å². The van der Waals surface area contributed by atoms with E-state index in [1.165, 1.54) is 13.2 Å². The van der Waals surface area contributed by atoms with Gasteiger partial charge in [-0.2, -0.15) is 13.2 Å². The highest BCUT2D eigenvalue weighted by Crippen LogP contribution is 2.27. The van der Waals surface area contributed by atoms with Crippen molar-refractivity contribution in [1.82, 2.24) is 10.2 Å². The molecule has 1 aromatic rings. The zero-order chi connectivity index (χ0) is 15.5. The molecule has 0 aromatic carbocycles. The van der Waals surface area contributed by atoms with Gasteiger partial charge in [0.05, 0.1) is 26.2 Å². The van der Waals surface area contributed by atoms with E-state index in [2.05, 4.69) is 14.9 Å². The molecule has 6 nitrogen and oxygen atoms in total. The maximum Gasteiger partial charge on any atom is 0.435 e. The van der Waals surface area contributed by atoms with Gasteiger partial charge in [0, 0.05) is 13.1 Å². The van der Waals surface area contributed by atoms with Gasteiger partial charge in [-0.05, 0) is 12.1 Å². The Hall–Kier alpha value is -1.90. The summed E-state index contributed by atoms with van der Waals surface area (Å²) in [5, 5.41) is 6.76. The molecule has 1 saturated heterocycles. The van der Waals surface area contributed by atoms with Crippen LogP contribution in [0.25, 0.3) is 0 Å². The molecule has 1 atom stereocenters. The number of esters is 1. The Kier molecular flexibility index (Phi) is 4.61. The molecule has 2 rings (SSSR count). The van der Waals surface area contributed by atoms with Crippen molar-refractivity contribution in [2.45, 2.75) is 18.7 Å². The number of halogens is 3. The lowest BCUT2D eigenvalue weighted by atomic mass is 10.2. The van der Waals surface area contributed by atoms with Crippen molar-refractivity contribution in [3.63, 3.8) is 0 Å². The molecular formula is C12H14F3N3O3. The van der Waals surface area contributed by atoms with Crippen LogP contribution in [0.5, 0.6) is 0 Å². The molecule has 0 aliphatic carbocycles. The summed E-state index contributed by atoms with van der Waals surface area (Å²) in [6, 6.07) is 2.14. The van der Waals surface area contributed by atoms with Gasteiger partial charge in [-0.1, -0.05) is 0 Å². The van der Waals surface area contributed by atoms with E-state index in [1.54, 1.807) is 4.90 Å². The van der Waals surface area contributed by atoms with Crippen molar-refractivity contribution in [2.24, 2.45) is 0 Å². The lowest BCUT2D eigenvalue weighted by Crippen LogP contribution is -2.44. The molecular weight excluding hydrogens is 291 g/mol. The van der Waals surface area contributed by atoms with Gasteiger partial charge in [0.25, 0.3) is 0 Å². The van der Waals surface area contributed by atoms with Crippen LogP contribution < -0.4 is 4.90 Å². The van der Waals surface area contributed by atoms with Crippen molar-refractivity contribution in [3.05, 3.63) is 17.8 Å². The van der Waals surface area contributed by atoms with Gasteiger partial charge in [0.2, 0.25) is 0 Å². The fourth-order valence-electron chi connectivity index (χ4n) is 1.97. The smallest absolute Gasteiger partial charge is 0.435 e. The summed E-state index contributed by atoms with van der Waals surface area (Å²) in [5.41, 5.74) is -1.04. The second-order valence-electron chi connectivity index (χ2n) is 4.49. The summed E-state index contributed by atoms with van der Waals surface area (Å²) >= 11 is 0. The van der Waals surface area contributed by atoms with E-state index in [0.717, 1.165) is 6.07 Å². The van der Waals surface area contributed by atoms with Crippen LogP contribution in [0.3, 0.4) is 0 Å². The van der Waals surface area contributed by atoms with Gasteiger partial charge < -0.3 is 14.4 Å². The van der Waals surface area contributed by atoms with Gasteiger partial charge in [-0.3, -0.25) is 4.79 Å². The zero-order valence-electron chi connectivity index (χ0n) is 11.3. The number of ether oxygens (including phenoxy) is 2. The molecule has 116 valence electrons. The third kappa shape index (κ3) is 4.03. The Labute approximate surface area is 118 Å². The highest BCUT2D eigenvalue weighted by molar-refractivity contribution is 5.69. The lowest BCUT2D eigenvalue weighted by molar-refractivity contribution is -0.144. The third-order valence-electron chi connectivity index (χ3n) is 3.03. The number of carbonyl (C=O) groups is 1. The van der Waals surface area contributed by atoms with E-state index in [-0.39, 0.29) is 12.5 Å². The number of aromatic nitrogens is 2. The first-order chi connectivity index (χ1) is 9.90. The van der Waals surface area contributed by atoms with E-state index in [1.807, 2.05) is 0 Å². The summed E-state index contributed by atoms with van der Waals surface area (Å²) in [4.78, 5) is 12.9. The summed E-state index contributed by atoms with van der Waals surface area (Å²) in [7, 11) is 1.28. The lowest BCUT2D eigenvalue weighted by Gasteiger charge is -2.33. The third-order valence-corrected chi connectivity index (χ3v) is 3.03. The quantitative estimate of drug-likeness (QED) is 0.784. The van der Waals surface area contributed by atoms with Crippen LogP contribution in [-0.4, -0.2) is 49.1 Å².